The predicted molar refractivity (Wildman–Crippen MR) is 77.6 cm³/mol. The first-order valence-corrected chi connectivity index (χ1v) is 7.26. The molecular formula is C15H12F3NOS. The van der Waals surface area contributed by atoms with Crippen LogP contribution in [-0.2, 0) is 6.18 Å². The molecule has 0 bridgehead atoms. The summed E-state index contributed by atoms with van der Waals surface area (Å²) in [4.78, 5) is 13.0. The molecule has 0 aliphatic rings. The van der Waals surface area contributed by atoms with E-state index in [9.17, 15) is 18.0 Å². The molecule has 0 fully saturated rings. The van der Waals surface area contributed by atoms with Crippen LogP contribution >= 0.6 is 11.8 Å². The van der Waals surface area contributed by atoms with Gasteiger partial charge in [0.2, 0.25) is 0 Å². The number of benzene rings is 2. The Hall–Kier alpha value is -1.95. The van der Waals surface area contributed by atoms with Gasteiger partial charge in [0.25, 0.3) is 5.91 Å². The van der Waals surface area contributed by atoms with Gasteiger partial charge in [-0.15, -0.1) is 11.8 Å². The molecule has 1 amide bonds. The van der Waals surface area contributed by atoms with Crippen LogP contribution in [0.5, 0.6) is 0 Å². The first-order chi connectivity index (χ1) is 9.91. The maximum Gasteiger partial charge on any atom is 0.417 e. The van der Waals surface area contributed by atoms with Crippen LogP contribution in [0.15, 0.2) is 53.4 Å². The highest BCUT2D eigenvalue weighted by Gasteiger charge is 2.34. The van der Waals surface area contributed by atoms with Crippen LogP contribution in [0, 0.1) is 0 Å². The highest BCUT2D eigenvalue weighted by molar-refractivity contribution is 7.98. The maximum absolute atomic E-state index is 12.9. The highest BCUT2D eigenvalue weighted by Crippen LogP contribution is 2.32. The summed E-state index contributed by atoms with van der Waals surface area (Å²) in [6.07, 6.45) is -2.69. The van der Waals surface area contributed by atoms with E-state index in [0.29, 0.717) is 5.69 Å². The van der Waals surface area contributed by atoms with Crippen LogP contribution < -0.4 is 5.32 Å². The Balaban J connectivity index is 2.29. The average Bonchev–Trinajstić information content (AvgIpc) is 2.46. The molecule has 0 saturated heterocycles. The van der Waals surface area contributed by atoms with Gasteiger partial charge in [-0.25, -0.2) is 0 Å². The third kappa shape index (κ3) is 3.78. The summed E-state index contributed by atoms with van der Waals surface area (Å²) in [5.41, 5.74) is -0.869. The second-order valence-corrected chi connectivity index (χ2v) is 5.11. The van der Waals surface area contributed by atoms with Crippen LogP contribution in [0.25, 0.3) is 0 Å². The molecule has 2 rings (SSSR count). The first-order valence-electron chi connectivity index (χ1n) is 6.03. The molecule has 0 unspecified atom stereocenters. The van der Waals surface area contributed by atoms with Crippen LogP contribution in [0.3, 0.4) is 0 Å². The van der Waals surface area contributed by atoms with Crippen molar-refractivity contribution in [3.05, 3.63) is 59.7 Å². The van der Waals surface area contributed by atoms with Crippen molar-refractivity contribution in [2.75, 3.05) is 11.6 Å². The van der Waals surface area contributed by atoms with E-state index in [-0.39, 0.29) is 5.56 Å². The van der Waals surface area contributed by atoms with Crippen LogP contribution in [-0.4, -0.2) is 12.2 Å². The number of hydrogen-bond donors (Lipinski definition) is 1. The summed E-state index contributed by atoms with van der Waals surface area (Å²) in [5, 5.41) is 2.49. The monoisotopic (exact) mass is 311 g/mol. The van der Waals surface area contributed by atoms with Gasteiger partial charge < -0.3 is 5.32 Å². The van der Waals surface area contributed by atoms with Crippen molar-refractivity contribution < 1.29 is 18.0 Å². The Kier molecular flexibility index (Phi) is 4.57. The lowest BCUT2D eigenvalue weighted by Crippen LogP contribution is -2.18. The number of thioether (sulfide) groups is 1. The lowest BCUT2D eigenvalue weighted by atomic mass is 10.1. The SMILES string of the molecule is CSc1cccc(NC(=O)c2ccccc2C(F)(F)F)c1. The standard InChI is InChI=1S/C15H12F3NOS/c1-21-11-6-4-5-10(9-11)19-14(20)12-7-2-3-8-13(12)15(16,17)18/h2-9H,1H3,(H,19,20). The minimum Gasteiger partial charge on any atom is -0.322 e. The summed E-state index contributed by atoms with van der Waals surface area (Å²) in [5.74, 6) is -0.777. The van der Waals surface area contributed by atoms with E-state index in [1.165, 1.54) is 23.9 Å². The number of rotatable bonds is 3. The third-order valence-electron chi connectivity index (χ3n) is 2.80. The summed E-state index contributed by atoms with van der Waals surface area (Å²) in [6, 6.07) is 11.6. The van der Waals surface area contributed by atoms with Gasteiger partial charge in [-0.2, -0.15) is 13.2 Å². The van der Waals surface area contributed by atoms with E-state index in [4.69, 9.17) is 0 Å². The van der Waals surface area contributed by atoms with Crippen molar-refractivity contribution >= 4 is 23.4 Å². The molecule has 21 heavy (non-hydrogen) atoms. The van der Waals surface area contributed by atoms with Crippen molar-refractivity contribution in [1.82, 2.24) is 0 Å². The van der Waals surface area contributed by atoms with Gasteiger partial charge in [0.15, 0.2) is 0 Å². The van der Waals surface area contributed by atoms with Gasteiger partial charge in [0.05, 0.1) is 11.1 Å². The maximum atomic E-state index is 12.9. The number of carbonyl (C=O) groups is 1. The minimum absolute atomic E-state index is 0.389. The molecule has 0 aliphatic heterocycles. The molecule has 1 N–H and O–H groups in total. The van der Waals surface area contributed by atoms with Gasteiger partial charge in [-0.1, -0.05) is 18.2 Å². The fourth-order valence-electron chi connectivity index (χ4n) is 1.83. The number of carbonyl (C=O) groups excluding carboxylic acids is 1. The minimum atomic E-state index is -4.56. The third-order valence-corrected chi connectivity index (χ3v) is 3.53. The topological polar surface area (TPSA) is 29.1 Å². The van der Waals surface area contributed by atoms with Crippen molar-refractivity contribution in [1.29, 1.82) is 0 Å². The summed E-state index contributed by atoms with van der Waals surface area (Å²) in [7, 11) is 0. The predicted octanol–water partition coefficient (Wildman–Crippen LogP) is 4.68. The largest absolute Gasteiger partial charge is 0.417 e. The summed E-state index contributed by atoms with van der Waals surface area (Å²) < 4.78 is 38.6. The number of halogens is 3. The number of anilines is 1. The zero-order chi connectivity index (χ0) is 15.5. The van der Waals surface area contributed by atoms with Crippen molar-refractivity contribution in [3.8, 4) is 0 Å². The molecule has 0 saturated carbocycles. The van der Waals surface area contributed by atoms with Crippen LogP contribution in [0.1, 0.15) is 15.9 Å². The number of nitrogens with one attached hydrogen (secondary N) is 1. The molecule has 110 valence electrons. The van der Waals surface area contributed by atoms with E-state index in [1.54, 1.807) is 18.2 Å². The molecule has 6 heteroatoms. The van der Waals surface area contributed by atoms with Crippen molar-refractivity contribution in [2.24, 2.45) is 0 Å². The summed E-state index contributed by atoms with van der Waals surface area (Å²) >= 11 is 1.48. The summed E-state index contributed by atoms with van der Waals surface area (Å²) in [6.45, 7) is 0. The van der Waals surface area contributed by atoms with E-state index in [1.807, 2.05) is 12.3 Å². The molecule has 0 atom stereocenters. The van der Waals surface area contributed by atoms with Gasteiger partial charge >= 0.3 is 6.18 Å². The molecule has 0 aliphatic carbocycles. The van der Waals surface area contributed by atoms with Gasteiger partial charge in [-0.3, -0.25) is 4.79 Å². The van der Waals surface area contributed by atoms with Crippen LogP contribution in [0.2, 0.25) is 0 Å². The highest BCUT2D eigenvalue weighted by atomic mass is 32.2. The van der Waals surface area contributed by atoms with E-state index < -0.39 is 17.6 Å². The van der Waals surface area contributed by atoms with Crippen molar-refractivity contribution in [2.45, 2.75) is 11.1 Å². The molecule has 2 aromatic rings. The number of alkyl halides is 3. The Labute approximate surface area is 124 Å². The Morgan fingerprint density at radius 1 is 1.10 bits per heavy atom. The lowest BCUT2D eigenvalue weighted by molar-refractivity contribution is -0.137. The quantitative estimate of drug-likeness (QED) is 0.834. The van der Waals surface area contributed by atoms with Crippen molar-refractivity contribution in [3.63, 3.8) is 0 Å². The number of hydrogen-bond acceptors (Lipinski definition) is 2. The first kappa shape index (κ1) is 15.4. The normalized spacial score (nSPS) is 11.2. The number of amides is 1. The molecule has 0 spiro atoms. The van der Waals surface area contributed by atoms with E-state index in [0.717, 1.165) is 17.0 Å². The molecule has 0 heterocycles. The lowest BCUT2D eigenvalue weighted by Gasteiger charge is -2.13. The molecule has 2 nitrogen and oxygen atoms in total. The van der Waals surface area contributed by atoms with E-state index in [2.05, 4.69) is 5.32 Å². The average molecular weight is 311 g/mol. The van der Waals surface area contributed by atoms with Gasteiger partial charge in [-0.05, 0) is 36.6 Å². The van der Waals surface area contributed by atoms with Gasteiger partial charge in [0, 0.05) is 10.6 Å². The zero-order valence-electron chi connectivity index (χ0n) is 11.1. The molecule has 0 aromatic heterocycles. The zero-order valence-corrected chi connectivity index (χ0v) is 11.9. The Morgan fingerprint density at radius 3 is 2.48 bits per heavy atom. The van der Waals surface area contributed by atoms with Crippen LogP contribution in [0.4, 0.5) is 18.9 Å². The fraction of sp³-hybridized carbons (Fsp3) is 0.133. The second-order valence-electron chi connectivity index (χ2n) is 4.23. The molecule has 2 aromatic carbocycles. The van der Waals surface area contributed by atoms with E-state index >= 15 is 0 Å². The molecule has 0 radical (unpaired) electrons. The Bertz CT molecular complexity index is 655. The van der Waals surface area contributed by atoms with Gasteiger partial charge in [0.1, 0.15) is 0 Å². The molecular weight excluding hydrogens is 299 g/mol. The fourth-order valence-corrected chi connectivity index (χ4v) is 2.29. The smallest absolute Gasteiger partial charge is 0.322 e. The Morgan fingerprint density at radius 2 is 1.81 bits per heavy atom. The second kappa shape index (κ2) is 6.22.